The first-order chi connectivity index (χ1) is 14.5. The van der Waals surface area contributed by atoms with Gasteiger partial charge >= 0.3 is 6.18 Å². The molecule has 0 bridgehead atoms. The van der Waals surface area contributed by atoms with Crippen molar-refractivity contribution in [2.45, 2.75) is 6.18 Å². The number of carbonyl (C=O) groups excluding carboxylic acids is 3. The van der Waals surface area contributed by atoms with Gasteiger partial charge in [-0.3, -0.25) is 19.3 Å². The van der Waals surface area contributed by atoms with Crippen LogP contribution in [0.4, 0.5) is 23.7 Å². The van der Waals surface area contributed by atoms with Crippen LogP contribution >= 0.6 is 56.9 Å². The Balaban J connectivity index is 1.74. The second kappa shape index (κ2) is 9.36. The number of nitrogens with one attached hydrogen (secondary N) is 1. The number of nitrogens with zero attached hydrogens (tertiary/aromatic N) is 1. The summed E-state index contributed by atoms with van der Waals surface area (Å²) >= 11 is 4.58. The number of imide groups is 1. The van der Waals surface area contributed by atoms with Crippen molar-refractivity contribution in [3.8, 4) is 5.75 Å². The summed E-state index contributed by atoms with van der Waals surface area (Å²) in [5.41, 5.74) is -0.706. The van der Waals surface area contributed by atoms with Crippen LogP contribution in [-0.4, -0.2) is 33.6 Å². The van der Waals surface area contributed by atoms with Crippen LogP contribution in [0.5, 0.6) is 5.75 Å². The number of thioether (sulfide) groups is 1. The number of hydrogen-bond donors (Lipinski definition) is 2. The third-order valence-electron chi connectivity index (χ3n) is 3.99. The van der Waals surface area contributed by atoms with Gasteiger partial charge in [0.15, 0.2) is 0 Å². The molecule has 3 amide bonds. The Bertz CT molecular complexity index is 1120. The number of alkyl halides is 3. The molecule has 12 heteroatoms. The van der Waals surface area contributed by atoms with E-state index >= 15 is 0 Å². The molecule has 1 aliphatic rings. The monoisotopic (exact) mass is 674 g/mol. The lowest BCUT2D eigenvalue weighted by Gasteiger charge is -2.13. The van der Waals surface area contributed by atoms with E-state index in [-0.39, 0.29) is 16.3 Å². The molecular weight excluding hydrogens is 663 g/mol. The third-order valence-corrected chi connectivity index (χ3v) is 6.35. The van der Waals surface area contributed by atoms with E-state index < -0.39 is 35.3 Å². The molecule has 0 radical (unpaired) electrons. The standard InChI is InChI=1S/C19H11F3I2N2O4S/c20-19(21,22)10-2-1-3-12(6-10)25-15(27)8-26-17(29)14(31-18(26)30)5-9-4-11(23)7-13(24)16(9)28/h1-7,28H,8H2,(H,25,27)/b14-5-. The van der Waals surface area contributed by atoms with Gasteiger partial charge < -0.3 is 10.4 Å². The number of carbonyl (C=O) groups is 3. The Kier molecular flexibility index (Phi) is 7.20. The third kappa shape index (κ3) is 5.71. The highest BCUT2D eigenvalue weighted by Crippen LogP contribution is 2.36. The zero-order valence-electron chi connectivity index (χ0n) is 15.2. The van der Waals surface area contributed by atoms with E-state index in [0.717, 1.165) is 21.8 Å². The number of phenolic OH excluding ortho intramolecular Hbond substituents is 1. The molecule has 0 saturated carbocycles. The molecule has 1 aliphatic heterocycles. The number of halogens is 5. The van der Waals surface area contributed by atoms with Crippen molar-refractivity contribution in [3.63, 3.8) is 0 Å². The van der Waals surface area contributed by atoms with E-state index in [1.54, 1.807) is 12.1 Å². The van der Waals surface area contributed by atoms with Gasteiger partial charge in [0.05, 0.1) is 14.0 Å². The molecule has 31 heavy (non-hydrogen) atoms. The van der Waals surface area contributed by atoms with Crippen molar-refractivity contribution >= 4 is 85.8 Å². The maximum atomic E-state index is 12.8. The summed E-state index contributed by atoms with van der Waals surface area (Å²) in [5, 5.41) is 11.7. The maximum Gasteiger partial charge on any atom is 0.416 e. The molecule has 0 spiro atoms. The molecular formula is C19H11F3I2N2O4S. The van der Waals surface area contributed by atoms with Crippen molar-refractivity contribution in [1.29, 1.82) is 0 Å². The van der Waals surface area contributed by atoms with Gasteiger partial charge in [-0.25, -0.2) is 0 Å². The normalized spacial score (nSPS) is 15.6. The van der Waals surface area contributed by atoms with Crippen LogP contribution in [0.1, 0.15) is 11.1 Å². The minimum absolute atomic E-state index is 0.0185. The molecule has 2 aromatic rings. The Morgan fingerprint density at radius 3 is 2.58 bits per heavy atom. The van der Waals surface area contributed by atoms with E-state index in [1.165, 1.54) is 12.1 Å². The number of rotatable bonds is 4. The Morgan fingerprint density at radius 1 is 1.19 bits per heavy atom. The molecule has 0 aliphatic carbocycles. The van der Waals surface area contributed by atoms with Crippen molar-refractivity contribution in [1.82, 2.24) is 4.90 Å². The summed E-state index contributed by atoms with van der Waals surface area (Å²) in [4.78, 5) is 37.7. The Labute approximate surface area is 205 Å². The average Bonchev–Trinajstić information content (AvgIpc) is 2.92. The fraction of sp³-hybridized carbons (Fsp3) is 0.105. The van der Waals surface area contributed by atoms with E-state index in [1.807, 2.05) is 45.2 Å². The summed E-state index contributed by atoms with van der Waals surface area (Å²) < 4.78 is 39.8. The lowest BCUT2D eigenvalue weighted by Crippen LogP contribution is -2.36. The van der Waals surface area contributed by atoms with Gasteiger partial charge in [0.25, 0.3) is 11.1 Å². The molecule has 162 valence electrons. The van der Waals surface area contributed by atoms with Crippen LogP contribution in [0.3, 0.4) is 0 Å². The topological polar surface area (TPSA) is 86.7 Å². The predicted octanol–water partition coefficient (Wildman–Crippen LogP) is 5.30. The smallest absolute Gasteiger partial charge is 0.416 e. The highest BCUT2D eigenvalue weighted by Gasteiger charge is 2.36. The first kappa shape index (κ1) is 23.8. The highest BCUT2D eigenvalue weighted by atomic mass is 127. The van der Waals surface area contributed by atoms with Gasteiger partial charge in [0.2, 0.25) is 5.91 Å². The van der Waals surface area contributed by atoms with Crippen LogP contribution in [0.25, 0.3) is 6.08 Å². The quantitative estimate of drug-likeness (QED) is 0.340. The fourth-order valence-corrected chi connectivity index (χ4v) is 5.31. The van der Waals surface area contributed by atoms with Gasteiger partial charge in [0.1, 0.15) is 12.3 Å². The van der Waals surface area contributed by atoms with E-state index in [9.17, 15) is 32.7 Å². The Morgan fingerprint density at radius 2 is 1.90 bits per heavy atom. The van der Waals surface area contributed by atoms with Crippen LogP contribution in [0.15, 0.2) is 41.3 Å². The number of phenols is 1. The molecule has 0 aromatic heterocycles. The number of aromatic hydroxyl groups is 1. The van der Waals surface area contributed by atoms with Crippen molar-refractivity contribution in [3.05, 3.63) is 59.6 Å². The summed E-state index contributed by atoms with van der Waals surface area (Å²) in [7, 11) is 0. The second-order valence-corrected chi connectivity index (χ2v) is 9.62. The van der Waals surface area contributed by atoms with Crippen molar-refractivity contribution in [2.24, 2.45) is 0 Å². The molecule has 0 unspecified atom stereocenters. The SMILES string of the molecule is O=C(CN1C(=O)S/C(=C\c2cc(I)cc(I)c2O)C1=O)Nc1cccc(C(F)(F)F)c1. The largest absolute Gasteiger partial charge is 0.506 e. The van der Waals surface area contributed by atoms with Crippen LogP contribution in [0, 0.1) is 7.14 Å². The number of benzene rings is 2. The fourth-order valence-electron chi connectivity index (χ4n) is 2.59. The van der Waals surface area contributed by atoms with E-state index in [0.29, 0.717) is 25.8 Å². The molecule has 2 aromatic carbocycles. The Hall–Kier alpha value is -1.81. The van der Waals surface area contributed by atoms with E-state index in [2.05, 4.69) is 5.32 Å². The first-order valence-electron chi connectivity index (χ1n) is 8.36. The maximum absolute atomic E-state index is 12.8. The molecule has 0 atom stereocenters. The zero-order valence-corrected chi connectivity index (χ0v) is 20.3. The number of hydrogen-bond acceptors (Lipinski definition) is 5. The molecule has 2 N–H and O–H groups in total. The first-order valence-corrected chi connectivity index (χ1v) is 11.3. The molecule has 3 rings (SSSR count). The van der Waals surface area contributed by atoms with Gasteiger partial charge in [-0.05, 0) is 93.4 Å². The van der Waals surface area contributed by atoms with Gasteiger partial charge in [-0.15, -0.1) is 0 Å². The van der Waals surface area contributed by atoms with Gasteiger partial charge in [-0.2, -0.15) is 13.2 Å². The molecule has 1 fully saturated rings. The molecule has 6 nitrogen and oxygen atoms in total. The second-order valence-electron chi connectivity index (χ2n) is 6.22. The minimum Gasteiger partial charge on any atom is -0.506 e. The molecule has 1 heterocycles. The summed E-state index contributed by atoms with van der Waals surface area (Å²) in [5.74, 6) is -1.60. The number of amides is 3. The summed E-state index contributed by atoms with van der Waals surface area (Å²) in [6.45, 7) is -0.659. The van der Waals surface area contributed by atoms with Crippen molar-refractivity contribution in [2.75, 3.05) is 11.9 Å². The van der Waals surface area contributed by atoms with Gasteiger partial charge in [-0.1, -0.05) is 6.07 Å². The number of anilines is 1. The zero-order chi connectivity index (χ0) is 22.9. The predicted molar refractivity (Wildman–Crippen MR) is 126 cm³/mol. The van der Waals surface area contributed by atoms with Crippen LogP contribution in [0.2, 0.25) is 0 Å². The van der Waals surface area contributed by atoms with Crippen LogP contribution in [-0.2, 0) is 15.8 Å². The summed E-state index contributed by atoms with van der Waals surface area (Å²) in [6.07, 6.45) is -3.22. The van der Waals surface area contributed by atoms with Crippen molar-refractivity contribution < 1.29 is 32.7 Å². The highest BCUT2D eigenvalue weighted by molar-refractivity contribution is 14.1. The summed E-state index contributed by atoms with van der Waals surface area (Å²) in [6, 6.07) is 7.38. The lowest BCUT2D eigenvalue weighted by atomic mass is 10.2. The van der Waals surface area contributed by atoms with Crippen LogP contribution < -0.4 is 5.32 Å². The lowest BCUT2D eigenvalue weighted by molar-refractivity contribution is -0.137. The minimum atomic E-state index is -4.57. The average molecular weight is 674 g/mol. The molecule has 1 saturated heterocycles. The van der Waals surface area contributed by atoms with Gasteiger partial charge in [0, 0.05) is 14.8 Å². The van der Waals surface area contributed by atoms with E-state index in [4.69, 9.17) is 0 Å².